The third-order valence-corrected chi connectivity index (χ3v) is 2.11. The van der Waals surface area contributed by atoms with E-state index >= 15 is 0 Å². The number of aromatic nitrogens is 2. The minimum absolute atomic E-state index is 0.00437. The molecule has 0 N–H and O–H groups in total. The Morgan fingerprint density at radius 2 is 2.25 bits per heavy atom. The van der Waals surface area contributed by atoms with E-state index in [4.69, 9.17) is 0 Å². The van der Waals surface area contributed by atoms with Crippen molar-refractivity contribution in [3.05, 3.63) is 18.7 Å². The summed E-state index contributed by atoms with van der Waals surface area (Å²) in [5, 5.41) is 0. The molecule has 0 atom stereocenters. The van der Waals surface area contributed by atoms with Gasteiger partial charge < -0.3 is 3.97 Å². The van der Waals surface area contributed by atoms with Crippen LogP contribution in [-0.4, -0.2) is 21.5 Å². The van der Waals surface area contributed by atoms with Crippen LogP contribution in [0.25, 0.3) is 0 Å². The molecule has 1 aromatic rings. The number of nitrogens with zero attached hydrogens (tertiary/aromatic N) is 2. The molecule has 1 aromatic heterocycles. The number of thiol groups is 1. The van der Waals surface area contributed by atoms with Crippen LogP contribution in [0.1, 0.15) is 0 Å². The molecule has 0 radical (unpaired) electrons. The van der Waals surface area contributed by atoms with E-state index in [9.17, 15) is 0 Å². The summed E-state index contributed by atoms with van der Waals surface area (Å²) >= 11 is -0.00437. The Hall–Kier alpha value is -0.440. The molecule has 2 nitrogen and oxygen atoms in total. The first-order chi connectivity index (χ1) is 3.80. The lowest BCUT2D eigenvalue weighted by atomic mass is 11.0. The molecule has 3 heteroatoms. The second-order valence-electron chi connectivity index (χ2n) is 1.79. The Labute approximate surface area is 52.0 Å². The Morgan fingerprint density at radius 1 is 1.50 bits per heavy atom. The monoisotopic (exact) mass is 130 g/mol. The highest BCUT2D eigenvalue weighted by atomic mass is 32.2. The predicted molar refractivity (Wildman–Crippen MR) is 38.5 cm³/mol. The van der Waals surface area contributed by atoms with E-state index in [0.29, 0.717) is 0 Å². The second-order valence-corrected chi connectivity index (χ2v) is 3.95. The summed E-state index contributed by atoms with van der Waals surface area (Å²) < 4.78 is 2.12. The molecule has 1 rings (SSSR count). The van der Waals surface area contributed by atoms with E-state index < -0.39 is 0 Å². The lowest BCUT2D eigenvalue weighted by molar-refractivity contribution is 1.22. The van der Waals surface area contributed by atoms with Gasteiger partial charge in [-0.3, -0.25) is 0 Å². The van der Waals surface area contributed by atoms with Gasteiger partial charge in [-0.2, -0.15) is 11.1 Å². The summed E-state index contributed by atoms with van der Waals surface area (Å²) in [7, 11) is 0. The fourth-order valence-corrected chi connectivity index (χ4v) is 1.08. The summed E-state index contributed by atoms with van der Waals surface area (Å²) in [6.45, 7) is 0. The number of hydrogen-bond donors (Lipinski definition) is 1. The quantitative estimate of drug-likeness (QED) is 0.559. The Balaban J connectivity index is 2.77. The first-order valence-electron chi connectivity index (χ1n) is 2.46. The Morgan fingerprint density at radius 3 is 2.50 bits per heavy atom. The first-order valence-corrected chi connectivity index (χ1v) is 4.65. The normalized spacial score (nSPS) is 11.5. The van der Waals surface area contributed by atoms with Gasteiger partial charge in [0.2, 0.25) is 0 Å². The van der Waals surface area contributed by atoms with Crippen LogP contribution >= 0.6 is 11.1 Å². The smallest absolute Gasteiger partial charge is 0.103 e. The molecular formula is C5H10N2S. The van der Waals surface area contributed by atoms with Crippen LogP contribution in [0.4, 0.5) is 0 Å². The van der Waals surface area contributed by atoms with Crippen molar-refractivity contribution in [1.29, 1.82) is 0 Å². The minimum atomic E-state index is -0.00437. The zero-order valence-electron chi connectivity index (χ0n) is 5.07. The van der Waals surface area contributed by atoms with Crippen molar-refractivity contribution in [3.8, 4) is 0 Å². The molecule has 8 heavy (non-hydrogen) atoms. The maximum absolute atomic E-state index is 3.92. The molecule has 0 aromatic carbocycles. The molecule has 0 amide bonds. The van der Waals surface area contributed by atoms with Crippen molar-refractivity contribution in [2.24, 2.45) is 0 Å². The van der Waals surface area contributed by atoms with Crippen molar-refractivity contribution in [3.63, 3.8) is 0 Å². The minimum Gasteiger partial charge on any atom is -0.302 e. The molecule has 0 unspecified atom stereocenters. The van der Waals surface area contributed by atoms with Crippen molar-refractivity contribution < 1.29 is 0 Å². The van der Waals surface area contributed by atoms with Gasteiger partial charge in [-0.1, -0.05) is 0 Å². The first kappa shape index (κ1) is 5.69. The van der Waals surface area contributed by atoms with Gasteiger partial charge in [-0.15, -0.1) is 0 Å². The van der Waals surface area contributed by atoms with Crippen molar-refractivity contribution in [1.82, 2.24) is 8.96 Å². The zero-order chi connectivity index (χ0) is 5.98. The SMILES string of the molecule is C[SH](C)n1ccnc1. The number of imidazole rings is 1. The molecule has 0 aliphatic heterocycles. The van der Waals surface area contributed by atoms with Crippen LogP contribution in [0.3, 0.4) is 0 Å². The average Bonchev–Trinajstić information content (AvgIpc) is 2.12. The van der Waals surface area contributed by atoms with Crippen LogP contribution < -0.4 is 0 Å². The average molecular weight is 130 g/mol. The van der Waals surface area contributed by atoms with Gasteiger partial charge in [0.1, 0.15) is 6.33 Å². The van der Waals surface area contributed by atoms with Gasteiger partial charge in [0.25, 0.3) is 0 Å². The predicted octanol–water partition coefficient (Wildman–Crippen LogP) is 0.907. The van der Waals surface area contributed by atoms with Gasteiger partial charge in [0, 0.05) is 12.4 Å². The van der Waals surface area contributed by atoms with Crippen molar-refractivity contribution in [2.45, 2.75) is 0 Å². The largest absolute Gasteiger partial charge is 0.302 e. The molecule has 1 heterocycles. The van der Waals surface area contributed by atoms with Crippen LogP contribution in [0.2, 0.25) is 0 Å². The third kappa shape index (κ3) is 1.04. The summed E-state index contributed by atoms with van der Waals surface area (Å²) in [6.07, 6.45) is 10.0. The molecule has 0 aliphatic rings. The fraction of sp³-hybridized carbons (Fsp3) is 0.400. The molecule has 46 valence electrons. The molecule has 0 bridgehead atoms. The van der Waals surface area contributed by atoms with Crippen molar-refractivity contribution in [2.75, 3.05) is 12.5 Å². The molecule has 0 saturated carbocycles. The van der Waals surface area contributed by atoms with Crippen LogP contribution in [0.15, 0.2) is 18.7 Å². The topological polar surface area (TPSA) is 17.8 Å². The summed E-state index contributed by atoms with van der Waals surface area (Å²) in [5.41, 5.74) is 0. The summed E-state index contributed by atoms with van der Waals surface area (Å²) in [4.78, 5) is 3.92. The van der Waals surface area contributed by atoms with Crippen molar-refractivity contribution >= 4 is 11.1 Å². The van der Waals surface area contributed by atoms with E-state index in [-0.39, 0.29) is 11.1 Å². The lowest BCUT2D eigenvalue weighted by Gasteiger charge is -2.08. The highest BCUT2D eigenvalue weighted by molar-refractivity contribution is 8.14. The molecule has 0 saturated heterocycles. The van der Waals surface area contributed by atoms with Gasteiger partial charge in [0.05, 0.1) is 0 Å². The molecule has 0 spiro atoms. The fourth-order valence-electron chi connectivity index (χ4n) is 0.489. The molecule has 0 fully saturated rings. The van der Waals surface area contributed by atoms with Crippen LogP contribution in [-0.2, 0) is 0 Å². The Bertz CT molecular complexity index is 145. The standard InChI is InChI=1S/C5H10N2S/c1-8(2)7-4-3-6-5-7/h3-5,8H,1-2H3. The summed E-state index contributed by atoms with van der Waals surface area (Å²) in [6, 6.07) is 0. The van der Waals surface area contributed by atoms with E-state index in [1.165, 1.54) is 0 Å². The maximum atomic E-state index is 3.92. The molecular weight excluding hydrogens is 120 g/mol. The highest BCUT2D eigenvalue weighted by Crippen LogP contribution is 2.14. The van der Waals surface area contributed by atoms with E-state index in [1.54, 1.807) is 0 Å². The van der Waals surface area contributed by atoms with E-state index in [2.05, 4.69) is 21.5 Å². The van der Waals surface area contributed by atoms with Gasteiger partial charge in [0.15, 0.2) is 0 Å². The lowest BCUT2D eigenvalue weighted by Crippen LogP contribution is -1.86. The summed E-state index contributed by atoms with van der Waals surface area (Å²) in [5.74, 6) is 0. The van der Waals surface area contributed by atoms with Crippen LogP contribution in [0, 0.1) is 0 Å². The van der Waals surface area contributed by atoms with Crippen LogP contribution in [0.5, 0.6) is 0 Å². The third-order valence-electron chi connectivity index (χ3n) is 0.952. The second kappa shape index (κ2) is 2.22. The highest BCUT2D eigenvalue weighted by Gasteiger charge is 1.86. The molecule has 0 aliphatic carbocycles. The Kier molecular flexibility index (Phi) is 1.58. The van der Waals surface area contributed by atoms with Gasteiger partial charge in [-0.05, 0) is 12.5 Å². The number of rotatable bonds is 1. The zero-order valence-corrected chi connectivity index (χ0v) is 5.97. The number of hydrogen-bond acceptors (Lipinski definition) is 1. The van der Waals surface area contributed by atoms with E-state index in [1.807, 2.05) is 18.7 Å². The maximum Gasteiger partial charge on any atom is 0.103 e. The van der Waals surface area contributed by atoms with Gasteiger partial charge in [-0.25, -0.2) is 4.98 Å². The van der Waals surface area contributed by atoms with E-state index in [0.717, 1.165) is 0 Å². The van der Waals surface area contributed by atoms with Gasteiger partial charge >= 0.3 is 0 Å².